The predicted octanol–water partition coefficient (Wildman–Crippen LogP) is 5.52. The molecule has 0 aliphatic carbocycles. The van der Waals surface area contributed by atoms with Gasteiger partial charge >= 0.3 is 5.97 Å². The molecule has 2 aromatic heterocycles. The predicted molar refractivity (Wildman–Crippen MR) is 132 cm³/mol. The molecule has 1 amide bonds. The zero-order valence-electron chi connectivity index (χ0n) is 18.7. The summed E-state index contributed by atoms with van der Waals surface area (Å²) < 4.78 is 1.59. The Balaban J connectivity index is 1.95. The van der Waals surface area contributed by atoms with Crippen LogP contribution in [0.3, 0.4) is 0 Å². The number of aromatic nitrogens is 3. The van der Waals surface area contributed by atoms with Crippen molar-refractivity contribution in [3.05, 3.63) is 76.0 Å². The van der Waals surface area contributed by atoms with E-state index >= 15 is 0 Å². The van der Waals surface area contributed by atoms with Crippen molar-refractivity contribution in [3.63, 3.8) is 0 Å². The zero-order chi connectivity index (χ0) is 24.6. The van der Waals surface area contributed by atoms with Crippen LogP contribution in [0.25, 0.3) is 28.0 Å². The lowest BCUT2D eigenvalue weighted by molar-refractivity contribution is -0.140. The molecule has 34 heavy (non-hydrogen) atoms. The van der Waals surface area contributed by atoms with E-state index in [-0.39, 0.29) is 11.5 Å². The van der Waals surface area contributed by atoms with E-state index in [1.165, 1.54) is 0 Å². The lowest BCUT2D eigenvalue weighted by Crippen LogP contribution is -2.44. The number of nitrogens with zero attached hydrogens (tertiary/aromatic N) is 3. The van der Waals surface area contributed by atoms with Gasteiger partial charge in [-0.2, -0.15) is 5.10 Å². The average molecular weight is 497 g/mol. The number of benzene rings is 2. The van der Waals surface area contributed by atoms with E-state index < -0.39 is 17.9 Å². The molecule has 1 atom stereocenters. The Labute approximate surface area is 206 Å². The number of hydrogen-bond donors (Lipinski definition) is 2. The second-order valence-corrected chi connectivity index (χ2v) is 9.08. The first-order valence-electron chi connectivity index (χ1n) is 10.6. The summed E-state index contributed by atoms with van der Waals surface area (Å²) in [5.74, 6) is -1.95. The summed E-state index contributed by atoms with van der Waals surface area (Å²) in [6, 6.07) is 13.6. The van der Waals surface area contributed by atoms with Gasteiger partial charge in [-0.05, 0) is 31.0 Å². The lowest BCUT2D eigenvalue weighted by atomic mass is 10.0. The van der Waals surface area contributed by atoms with E-state index in [1.807, 2.05) is 30.3 Å². The van der Waals surface area contributed by atoms with E-state index in [1.54, 1.807) is 49.7 Å². The van der Waals surface area contributed by atoms with Gasteiger partial charge in [0.1, 0.15) is 11.6 Å². The minimum absolute atomic E-state index is 0.216. The van der Waals surface area contributed by atoms with Crippen molar-refractivity contribution in [1.82, 2.24) is 19.9 Å². The first kappa shape index (κ1) is 23.7. The van der Waals surface area contributed by atoms with Crippen molar-refractivity contribution >= 4 is 40.7 Å². The lowest BCUT2D eigenvalue weighted by Gasteiger charge is -2.17. The Morgan fingerprint density at radius 3 is 2.32 bits per heavy atom. The number of carboxylic acids is 1. The topological polar surface area (TPSA) is 96.6 Å². The summed E-state index contributed by atoms with van der Waals surface area (Å²) in [7, 11) is 0. The zero-order valence-corrected chi connectivity index (χ0v) is 20.2. The van der Waals surface area contributed by atoms with Crippen LogP contribution in [0.15, 0.2) is 54.7 Å². The largest absolute Gasteiger partial charge is 0.480 e. The summed E-state index contributed by atoms with van der Waals surface area (Å²) in [4.78, 5) is 29.3. The molecule has 174 valence electrons. The Bertz CT molecular complexity index is 1400. The third-order valence-corrected chi connectivity index (χ3v) is 6.13. The highest BCUT2D eigenvalue weighted by Gasteiger charge is 2.28. The second-order valence-electron chi connectivity index (χ2n) is 8.24. The van der Waals surface area contributed by atoms with Crippen LogP contribution in [0.1, 0.15) is 29.9 Å². The molecule has 0 spiro atoms. The van der Waals surface area contributed by atoms with Crippen LogP contribution in [-0.4, -0.2) is 37.6 Å². The molecule has 2 N–H and O–H groups in total. The number of nitrogens with one attached hydrogen (secondary N) is 1. The van der Waals surface area contributed by atoms with Crippen LogP contribution in [0.2, 0.25) is 10.0 Å². The number of rotatable bonds is 6. The van der Waals surface area contributed by atoms with E-state index in [9.17, 15) is 14.7 Å². The number of aryl methyl sites for hydroxylation is 1. The van der Waals surface area contributed by atoms with E-state index in [4.69, 9.17) is 23.2 Å². The van der Waals surface area contributed by atoms with Crippen molar-refractivity contribution < 1.29 is 14.7 Å². The van der Waals surface area contributed by atoms with Crippen LogP contribution in [0, 0.1) is 12.8 Å². The minimum Gasteiger partial charge on any atom is -0.480 e. The Kier molecular flexibility index (Phi) is 6.59. The third-order valence-electron chi connectivity index (χ3n) is 5.55. The molecule has 4 rings (SSSR count). The van der Waals surface area contributed by atoms with Gasteiger partial charge in [-0.1, -0.05) is 67.4 Å². The van der Waals surface area contributed by atoms with Crippen molar-refractivity contribution in [1.29, 1.82) is 0 Å². The number of fused-ring (bicyclic) bond motifs is 1. The van der Waals surface area contributed by atoms with E-state index in [0.29, 0.717) is 27.1 Å². The van der Waals surface area contributed by atoms with Crippen molar-refractivity contribution in [3.8, 4) is 22.4 Å². The van der Waals surface area contributed by atoms with Gasteiger partial charge in [0.05, 0.1) is 11.4 Å². The first-order valence-corrected chi connectivity index (χ1v) is 11.4. The van der Waals surface area contributed by atoms with Crippen LogP contribution in [-0.2, 0) is 4.79 Å². The summed E-state index contributed by atoms with van der Waals surface area (Å²) in [5.41, 5.74) is 3.90. The van der Waals surface area contributed by atoms with E-state index in [0.717, 1.165) is 16.7 Å². The van der Waals surface area contributed by atoms with Crippen molar-refractivity contribution in [2.75, 3.05) is 0 Å². The van der Waals surface area contributed by atoms with Gasteiger partial charge in [0, 0.05) is 32.9 Å². The van der Waals surface area contributed by atoms with Gasteiger partial charge in [-0.3, -0.25) is 4.79 Å². The highest BCUT2D eigenvalue weighted by Crippen LogP contribution is 2.36. The summed E-state index contributed by atoms with van der Waals surface area (Å²) >= 11 is 12.6. The maximum absolute atomic E-state index is 13.2. The number of carbonyl (C=O) groups excluding carboxylic acids is 1. The Hall–Kier alpha value is -3.42. The Morgan fingerprint density at radius 1 is 1.03 bits per heavy atom. The maximum Gasteiger partial charge on any atom is 0.326 e. The molecule has 7 nitrogen and oxygen atoms in total. The first-order chi connectivity index (χ1) is 16.2. The smallest absolute Gasteiger partial charge is 0.326 e. The summed E-state index contributed by atoms with van der Waals surface area (Å²) in [6.45, 7) is 5.15. The van der Waals surface area contributed by atoms with Gasteiger partial charge in [-0.15, -0.1) is 0 Å². The monoisotopic (exact) mass is 496 g/mol. The molecule has 4 aromatic rings. The van der Waals surface area contributed by atoms with Crippen LogP contribution in [0.4, 0.5) is 0 Å². The molecule has 0 unspecified atom stereocenters. The van der Waals surface area contributed by atoms with Crippen molar-refractivity contribution in [2.45, 2.75) is 26.8 Å². The van der Waals surface area contributed by atoms with Gasteiger partial charge in [0.25, 0.3) is 5.91 Å². The fourth-order valence-electron chi connectivity index (χ4n) is 3.85. The number of carbonyl (C=O) groups is 2. The van der Waals surface area contributed by atoms with E-state index in [2.05, 4.69) is 15.4 Å². The molecule has 0 aliphatic rings. The molecule has 2 heterocycles. The fraction of sp³-hybridized carbons (Fsp3) is 0.200. The quantitative estimate of drug-likeness (QED) is 0.366. The van der Waals surface area contributed by atoms with Gasteiger partial charge in [-0.25, -0.2) is 14.3 Å². The molecule has 2 aromatic carbocycles. The molecular weight excluding hydrogens is 475 g/mol. The van der Waals surface area contributed by atoms with Crippen LogP contribution >= 0.6 is 23.2 Å². The SMILES string of the molecule is Cc1nn2c(-c3ccc(Cl)cc3)c(-c3ccccc3Cl)cnc2c1C(=O)N[C@H](C(=O)O)C(C)C. The standard InChI is InChI=1S/C25H22Cl2N4O3/c1-13(2)21(25(33)34)29-24(32)20-14(3)30-31-22(15-8-10-16(26)11-9-15)18(12-28-23(20)31)17-6-4-5-7-19(17)27/h4-13,21H,1-3H3,(H,29,32)(H,33,34)/t21-/m0/s1. The average Bonchev–Trinajstić information content (AvgIpc) is 3.13. The summed E-state index contributed by atoms with van der Waals surface area (Å²) in [6.07, 6.45) is 1.65. The second kappa shape index (κ2) is 9.44. The minimum atomic E-state index is -1.10. The highest BCUT2D eigenvalue weighted by molar-refractivity contribution is 6.33. The molecule has 0 fully saturated rings. The van der Waals surface area contributed by atoms with Crippen LogP contribution in [0.5, 0.6) is 0 Å². The molecule has 0 radical (unpaired) electrons. The molecule has 0 saturated carbocycles. The third kappa shape index (κ3) is 4.36. The summed E-state index contributed by atoms with van der Waals surface area (Å²) in [5, 5.41) is 17.8. The molecule has 0 bridgehead atoms. The Morgan fingerprint density at radius 2 is 1.71 bits per heavy atom. The number of aliphatic carboxylic acids is 1. The normalized spacial score (nSPS) is 12.2. The van der Waals surface area contributed by atoms with Crippen molar-refractivity contribution in [2.24, 2.45) is 5.92 Å². The molecule has 9 heteroatoms. The fourth-order valence-corrected chi connectivity index (χ4v) is 4.21. The maximum atomic E-state index is 13.2. The van der Waals surface area contributed by atoms with Gasteiger partial charge in [0.15, 0.2) is 5.65 Å². The van der Waals surface area contributed by atoms with Crippen LogP contribution < -0.4 is 5.32 Å². The number of halogens is 2. The number of hydrogen-bond acceptors (Lipinski definition) is 4. The van der Waals surface area contributed by atoms with Gasteiger partial charge < -0.3 is 10.4 Å². The molecular formula is C25H22Cl2N4O3. The molecule has 0 aliphatic heterocycles. The number of carboxylic acid groups (broad SMARTS) is 1. The van der Waals surface area contributed by atoms with Gasteiger partial charge in [0.2, 0.25) is 0 Å². The highest BCUT2D eigenvalue weighted by atomic mass is 35.5. The molecule has 0 saturated heterocycles. The number of amides is 1.